The minimum atomic E-state index is -3.38. The monoisotopic (exact) mass is 282 g/mol. The van der Waals surface area contributed by atoms with E-state index in [0.29, 0.717) is 18.0 Å². The molecule has 0 amide bonds. The van der Waals surface area contributed by atoms with Crippen molar-refractivity contribution < 1.29 is 8.42 Å². The average molecular weight is 282 g/mol. The Morgan fingerprint density at radius 1 is 1.26 bits per heavy atom. The summed E-state index contributed by atoms with van der Waals surface area (Å²) in [6, 6.07) is 5.41. The summed E-state index contributed by atoms with van der Waals surface area (Å²) < 4.78 is 26.7. The molecule has 0 aromatic heterocycles. The van der Waals surface area contributed by atoms with Gasteiger partial charge in [-0.3, -0.25) is 0 Å². The first-order chi connectivity index (χ1) is 8.82. The fraction of sp³-hybridized carbons (Fsp3) is 0.571. The minimum absolute atomic E-state index is 0.103. The molecule has 0 radical (unpaired) electrons. The van der Waals surface area contributed by atoms with Crippen molar-refractivity contribution in [2.24, 2.45) is 11.7 Å². The second-order valence-electron chi connectivity index (χ2n) is 5.54. The quantitative estimate of drug-likeness (QED) is 0.897. The van der Waals surface area contributed by atoms with Gasteiger partial charge >= 0.3 is 0 Å². The number of aryl methyl sites for hydroxylation is 2. The number of hydrogen-bond acceptors (Lipinski definition) is 3. The molecule has 19 heavy (non-hydrogen) atoms. The Balaban J connectivity index is 2.29. The van der Waals surface area contributed by atoms with E-state index in [4.69, 9.17) is 5.73 Å². The predicted octanol–water partition coefficient (Wildman–Crippen LogP) is 1.66. The third-order valence-corrected chi connectivity index (χ3v) is 5.91. The molecule has 2 unspecified atom stereocenters. The zero-order valence-electron chi connectivity index (χ0n) is 11.8. The Bertz CT molecular complexity index is 569. The average Bonchev–Trinajstić information content (AvgIpc) is 2.35. The summed E-state index contributed by atoms with van der Waals surface area (Å²) in [7, 11) is -3.38. The predicted molar refractivity (Wildman–Crippen MR) is 76.4 cm³/mol. The highest BCUT2D eigenvalue weighted by Crippen LogP contribution is 2.24. The fourth-order valence-corrected chi connectivity index (χ4v) is 4.01. The second kappa shape index (κ2) is 5.23. The topological polar surface area (TPSA) is 63.4 Å². The van der Waals surface area contributed by atoms with Gasteiger partial charge in [0.2, 0.25) is 10.0 Å². The molecule has 0 saturated carbocycles. The van der Waals surface area contributed by atoms with Crippen LogP contribution in [0.15, 0.2) is 23.1 Å². The van der Waals surface area contributed by atoms with Crippen molar-refractivity contribution in [3.05, 3.63) is 29.3 Å². The van der Waals surface area contributed by atoms with Gasteiger partial charge in [-0.15, -0.1) is 0 Å². The molecule has 1 aliphatic heterocycles. The standard InChI is InChI=1S/C14H22N2O2S/c1-10-4-5-13(8-11(10)2)19(17,18)16-7-6-14(15)12(3)9-16/h4-5,8,12,14H,6-7,9,15H2,1-3H3. The summed E-state index contributed by atoms with van der Waals surface area (Å²) in [5.74, 6) is 0.204. The fourth-order valence-electron chi connectivity index (χ4n) is 2.37. The van der Waals surface area contributed by atoms with Crippen molar-refractivity contribution in [3.8, 4) is 0 Å². The van der Waals surface area contributed by atoms with Crippen LogP contribution < -0.4 is 5.73 Å². The second-order valence-corrected chi connectivity index (χ2v) is 7.48. The molecule has 5 heteroatoms. The normalized spacial score (nSPS) is 25.5. The molecule has 1 aliphatic rings. The van der Waals surface area contributed by atoms with Gasteiger partial charge in [0.15, 0.2) is 0 Å². The van der Waals surface area contributed by atoms with Crippen LogP contribution in [0.4, 0.5) is 0 Å². The minimum Gasteiger partial charge on any atom is -0.327 e. The van der Waals surface area contributed by atoms with Gasteiger partial charge in [0.25, 0.3) is 0 Å². The van der Waals surface area contributed by atoms with Gasteiger partial charge in [-0.2, -0.15) is 4.31 Å². The molecule has 0 bridgehead atoms. The number of benzene rings is 1. The number of nitrogens with zero attached hydrogens (tertiary/aromatic N) is 1. The lowest BCUT2D eigenvalue weighted by Gasteiger charge is -2.34. The van der Waals surface area contributed by atoms with Crippen LogP contribution in [0.25, 0.3) is 0 Å². The maximum Gasteiger partial charge on any atom is 0.243 e. The van der Waals surface area contributed by atoms with Gasteiger partial charge in [-0.1, -0.05) is 13.0 Å². The molecular formula is C14H22N2O2S. The molecule has 106 valence electrons. The SMILES string of the molecule is Cc1ccc(S(=O)(=O)N2CCC(N)C(C)C2)cc1C. The van der Waals surface area contributed by atoms with Crippen molar-refractivity contribution in [3.63, 3.8) is 0 Å². The lowest BCUT2D eigenvalue weighted by molar-refractivity contribution is 0.250. The largest absolute Gasteiger partial charge is 0.327 e. The van der Waals surface area contributed by atoms with Crippen LogP contribution in [0.2, 0.25) is 0 Å². The molecule has 2 N–H and O–H groups in total. The van der Waals surface area contributed by atoms with Crippen LogP contribution in [-0.4, -0.2) is 31.9 Å². The van der Waals surface area contributed by atoms with Crippen LogP contribution in [0.5, 0.6) is 0 Å². The maximum atomic E-state index is 12.6. The first kappa shape index (κ1) is 14.5. The van der Waals surface area contributed by atoms with Crippen molar-refractivity contribution in [2.45, 2.75) is 38.1 Å². The molecule has 2 atom stereocenters. The zero-order valence-corrected chi connectivity index (χ0v) is 12.6. The summed E-state index contributed by atoms with van der Waals surface area (Å²) in [4.78, 5) is 0.387. The molecule has 1 heterocycles. The van der Waals surface area contributed by atoms with Gasteiger partial charge in [-0.25, -0.2) is 8.42 Å². The summed E-state index contributed by atoms with van der Waals surface area (Å²) in [6.45, 7) is 6.95. The highest BCUT2D eigenvalue weighted by atomic mass is 32.2. The lowest BCUT2D eigenvalue weighted by atomic mass is 9.96. The summed E-state index contributed by atoms with van der Waals surface area (Å²) in [5.41, 5.74) is 8.05. The summed E-state index contributed by atoms with van der Waals surface area (Å²) in [5, 5.41) is 0. The Morgan fingerprint density at radius 2 is 1.95 bits per heavy atom. The highest BCUT2D eigenvalue weighted by Gasteiger charge is 2.31. The van der Waals surface area contributed by atoms with Crippen LogP contribution in [-0.2, 0) is 10.0 Å². The summed E-state index contributed by atoms with van der Waals surface area (Å²) in [6.07, 6.45) is 0.727. The van der Waals surface area contributed by atoms with E-state index >= 15 is 0 Å². The first-order valence-electron chi connectivity index (χ1n) is 6.65. The Labute approximate surface area is 115 Å². The van der Waals surface area contributed by atoms with E-state index in [1.54, 1.807) is 16.4 Å². The van der Waals surface area contributed by atoms with Crippen molar-refractivity contribution in [1.82, 2.24) is 4.31 Å². The molecular weight excluding hydrogens is 260 g/mol. The van der Waals surface area contributed by atoms with Crippen molar-refractivity contribution >= 4 is 10.0 Å². The number of hydrogen-bond donors (Lipinski definition) is 1. The maximum absolute atomic E-state index is 12.6. The van der Waals surface area contributed by atoms with Gasteiger partial charge in [0.1, 0.15) is 0 Å². The van der Waals surface area contributed by atoms with Crippen molar-refractivity contribution in [2.75, 3.05) is 13.1 Å². The van der Waals surface area contributed by atoms with E-state index < -0.39 is 10.0 Å². The molecule has 0 spiro atoms. The third-order valence-electron chi connectivity index (χ3n) is 4.05. The molecule has 4 nitrogen and oxygen atoms in total. The Morgan fingerprint density at radius 3 is 2.53 bits per heavy atom. The van der Waals surface area contributed by atoms with E-state index in [1.807, 2.05) is 26.8 Å². The van der Waals surface area contributed by atoms with Crippen LogP contribution in [0.3, 0.4) is 0 Å². The summed E-state index contributed by atoms with van der Waals surface area (Å²) >= 11 is 0. The van der Waals surface area contributed by atoms with Crippen molar-refractivity contribution in [1.29, 1.82) is 0 Å². The molecule has 1 fully saturated rings. The molecule has 2 rings (SSSR count). The highest BCUT2D eigenvalue weighted by molar-refractivity contribution is 7.89. The molecule has 0 aliphatic carbocycles. The van der Waals surface area contributed by atoms with E-state index in [-0.39, 0.29) is 12.0 Å². The van der Waals surface area contributed by atoms with E-state index in [2.05, 4.69) is 0 Å². The van der Waals surface area contributed by atoms with Gasteiger partial charge in [-0.05, 0) is 49.4 Å². The van der Waals surface area contributed by atoms with Gasteiger partial charge in [0.05, 0.1) is 4.90 Å². The van der Waals surface area contributed by atoms with Crippen LogP contribution in [0, 0.1) is 19.8 Å². The first-order valence-corrected chi connectivity index (χ1v) is 8.09. The van der Waals surface area contributed by atoms with Gasteiger partial charge in [0, 0.05) is 19.1 Å². The van der Waals surface area contributed by atoms with Crippen LogP contribution in [0.1, 0.15) is 24.5 Å². The Hall–Kier alpha value is -0.910. The number of nitrogens with two attached hydrogens (primary N) is 1. The van der Waals surface area contributed by atoms with E-state index in [9.17, 15) is 8.42 Å². The Kier molecular flexibility index (Phi) is 3.99. The lowest BCUT2D eigenvalue weighted by Crippen LogP contribution is -2.48. The van der Waals surface area contributed by atoms with E-state index in [0.717, 1.165) is 17.5 Å². The van der Waals surface area contributed by atoms with E-state index in [1.165, 1.54) is 0 Å². The number of piperidine rings is 1. The smallest absolute Gasteiger partial charge is 0.243 e. The third kappa shape index (κ3) is 2.83. The molecule has 1 aromatic carbocycles. The van der Waals surface area contributed by atoms with Crippen LogP contribution >= 0.6 is 0 Å². The number of sulfonamides is 1. The zero-order chi connectivity index (χ0) is 14.2. The number of rotatable bonds is 2. The molecule has 1 saturated heterocycles. The molecule has 1 aromatic rings. The van der Waals surface area contributed by atoms with Gasteiger partial charge < -0.3 is 5.73 Å².